The Bertz CT molecular complexity index is 707. The Morgan fingerprint density at radius 1 is 1.40 bits per heavy atom. The number of rotatable bonds is 4. The number of aromatic amines is 1. The second kappa shape index (κ2) is 5.77. The predicted octanol–water partition coefficient (Wildman–Crippen LogP) is 2.28. The van der Waals surface area contributed by atoms with E-state index in [9.17, 15) is 9.59 Å². The molecule has 0 aliphatic rings. The molecule has 3 N–H and O–H groups in total. The van der Waals surface area contributed by atoms with E-state index in [0.29, 0.717) is 16.0 Å². The topological polar surface area (TPSA) is 76.0 Å². The highest BCUT2D eigenvalue weighted by molar-refractivity contribution is 6.32. The molecule has 0 spiro atoms. The lowest BCUT2D eigenvalue weighted by Gasteiger charge is -2.14. The van der Waals surface area contributed by atoms with Crippen LogP contribution in [-0.2, 0) is 11.2 Å². The van der Waals surface area contributed by atoms with Crippen LogP contribution in [0.1, 0.15) is 19.4 Å². The molecule has 0 unspecified atom stereocenters. The molecule has 1 atom stereocenters. The number of hydrogen-bond donors (Lipinski definition) is 2. The Labute approximate surface area is 121 Å². The summed E-state index contributed by atoms with van der Waals surface area (Å²) in [7, 11) is 0. The maximum Gasteiger partial charge on any atom is 0.255 e. The summed E-state index contributed by atoms with van der Waals surface area (Å²) in [5.41, 5.74) is 6.35. The van der Waals surface area contributed by atoms with Crippen LogP contribution in [0.2, 0.25) is 5.02 Å². The number of ketones is 1. The summed E-state index contributed by atoms with van der Waals surface area (Å²) in [6.07, 6.45) is 1.75. The van der Waals surface area contributed by atoms with Crippen LogP contribution in [0.3, 0.4) is 0 Å². The molecule has 0 radical (unpaired) electrons. The average molecular weight is 293 g/mol. The van der Waals surface area contributed by atoms with Crippen LogP contribution in [0.4, 0.5) is 0 Å². The minimum absolute atomic E-state index is 0.0499. The smallest absolute Gasteiger partial charge is 0.255 e. The molecule has 0 fully saturated rings. The van der Waals surface area contributed by atoms with Gasteiger partial charge in [0.1, 0.15) is 0 Å². The van der Waals surface area contributed by atoms with Gasteiger partial charge in [-0.05, 0) is 35.1 Å². The zero-order valence-electron chi connectivity index (χ0n) is 11.4. The van der Waals surface area contributed by atoms with Crippen molar-refractivity contribution in [2.24, 2.45) is 11.7 Å². The quantitative estimate of drug-likeness (QED) is 0.907. The van der Waals surface area contributed by atoms with E-state index in [-0.39, 0.29) is 23.7 Å². The minimum Gasteiger partial charge on any atom is -0.329 e. The number of carbonyl (C=O) groups is 1. The van der Waals surface area contributed by atoms with E-state index in [1.807, 2.05) is 13.8 Å². The first-order valence-electron chi connectivity index (χ1n) is 6.48. The van der Waals surface area contributed by atoms with Gasteiger partial charge in [-0.1, -0.05) is 25.4 Å². The molecular weight excluding hydrogens is 276 g/mol. The van der Waals surface area contributed by atoms with Gasteiger partial charge < -0.3 is 10.7 Å². The summed E-state index contributed by atoms with van der Waals surface area (Å²) in [5, 5.41) is 1.69. The van der Waals surface area contributed by atoms with Gasteiger partial charge in [-0.3, -0.25) is 9.59 Å². The molecule has 0 saturated heterocycles. The van der Waals surface area contributed by atoms with E-state index in [2.05, 4.69) is 4.98 Å². The molecule has 0 amide bonds. The monoisotopic (exact) mass is 292 g/mol. The fourth-order valence-electron chi connectivity index (χ4n) is 2.07. The zero-order valence-corrected chi connectivity index (χ0v) is 12.2. The highest BCUT2D eigenvalue weighted by Gasteiger charge is 2.19. The second-order valence-electron chi connectivity index (χ2n) is 5.25. The number of aromatic nitrogens is 1. The molecule has 1 heterocycles. The third-order valence-corrected chi connectivity index (χ3v) is 3.75. The van der Waals surface area contributed by atoms with Gasteiger partial charge in [-0.25, -0.2) is 0 Å². The van der Waals surface area contributed by atoms with Crippen LogP contribution in [-0.4, -0.2) is 16.8 Å². The minimum atomic E-state index is -0.499. The Morgan fingerprint density at radius 3 is 2.75 bits per heavy atom. The third-order valence-electron chi connectivity index (χ3n) is 3.40. The molecule has 0 bridgehead atoms. The van der Waals surface area contributed by atoms with E-state index >= 15 is 0 Å². The van der Waals surface area contributed by atoms with Crippen molar-refractivity contribution >= 4 is 28.2 Å². The lowest BCUT2D eigenvalue weighted by molar-refractivity contribution is -0.120. The number of benzene rings is 1. The third kappa shape index (κ3) is 2.92. The van der Waals surface area contributed by atoms with E-state index in [1.165, 1.54) is 0 Å². The largest absolute Gasteiger partial charge is 0.329 e. The van der Waals surface area contributed by atoms with Crippen LogP contribution in [0.25, 0.3) is 10.8 Å². The number of fused-ring (bicyclic) bond motifs is 1. The normalized spacial score (nSPS) is 12.8. The first-order chi connectivity index (χ1) is 9.40. The van der Waals surface area contributed by atoms with Gasteiger partial charge in [0.05, 0.1) is 6.04 Å². The zero-order chi connectivity index (χ0) is 14.9. The van der Waals surface area contributed by atoms with Gasteiger partial charge in [-0.2, -0.15) is 0 Å². The number of pyridine rings is 1. The van der Waals surface area contributed by atoms with Crippen molar-refractivity contribution in [2.45, 2.75) is 26.3 Å². The number of H-pyrrole nitrogens is 1. The van der Waals surface area contributed by atoms with Gasteiger partial charge in [0.2, 0.25) is 0 Å². The summed E-state index contributed by atoms with van der Waals surface area (Å²) in [6, 6.07) is 4.65. The van der Waals surface area contributed by atoms with E-state index < -0.39 is 6.04 Å². The summed E-state index contributed by atoms with van der Waals surface area (Å²) in [4.78, 5) is 26.3. The first kappa shape index (κ1) is 14.8. The Hall–Kier alpha value is -1.65. The van der Waals surface area contributed by atoms with Crippen molar-refractivity contribution in [1.82, 2.24) is 4.98 Å². The van der Waals surface area contributed by atoms with Crippen molar-refractivity contribution in [2.75, 3.05) is 0 Å². The maximum absolute atomic E-state index is 12.1. The number of carbonyl (C=O) groups excluding carboxylic acids is 1. The summed E-state index contributed by atoms with van der Waals surface area (Å²) in [5.74, 6) is 0.0377. The van der Waals surface area contributed by atoms with Crippen LogP contribution in [0.5, 0.6) is 0 Å². The van der Waals surface area contributed by atoms with Gasteiger partial charge in [0.25, 0.3) is 5.56 Å². The molecular formula is C15H17ClN2O2. The number of Topliss-reactive ketones (excluding diaryl/α,β-unsaturated/α-hetero) is 1. The Morgan fingerprint density at radius 2 is 2.10 bits per heavy atom. The molecule has 5 heteroatoms. The number of nitrogens with two attached hydrogens (primary N) is 1. The maximum atomic E-state index is 12.1. The van der Waals surface area contributed by atoms with Crippen molar-refractivity contribution in [3.63, 3.8) is 0 Å². The molecule has 20 heavy (non-hydrogen) atoms. The van der Waals surface area contributed by atoms with Crippen molar-refractivity contribution in [1.29, 1.82) is 0 Å². The average Bonchev–Trinajstić information content (AvgIpc) is 2.39. The van der Waals surface area contributed by atoms with Crippen LogP contribution >= 0.6 is 11.6 Å². The SMILES string of the molecule is CC(C)[C@H](N)C(=O)Cc1cc2cc[nH]c(=O)c2cc1Cl. The Balaban J connectivity index is 2.38. The molecule has 2 rings (SSSR count). The molecule has 4 nitrogen and oxygen atoms in total. The Kier molecular flexibility index (Phi) is 4.26. The molecule has 0 aliphatic heterocycles. The molecule has 1 aromatic carbocycles. The highest BCUT2D eigenvalue weighted by atomic mass is 35.5. The van der Waals surface area contributed by atoms with E-state index in [1.54, 1.807) is 24.4 Å². The summed E-state index contributed by atoms with van der Waals surface area (Å²) < 4.78 is 0. The molecule has 1 aromatic heterocycles. The number of halogens is 1. The number of nitrogens with one attached hydrogen (secondary N) is 1. The van der Waals surface area contributed by atoms with E-state index in [4.69, 9.17) is 17.3 Å². The predicted molar refractivity (Wildman–Crippen MR) is 81.1 cm³/mol. The highest BCUT2D eigenvalue weighted by Crippen LogP contribution is 2.23. The fraction of sp³-hybridized carbons (Fsp3) is 0.333. The fourth-order valence-corrected chi connectivity index (χ4v) is 2.30. The van der Waals surface area contributed by atoms with Gasteiger partial charge in [0, 0.05) is 23.0 Å². The van der Waals surface area contributed by atoms with Crippen molar-refractivity contribution in [3.05, 3.63) is 45.3 Å². The standard InChI is InChI=1S/C15H17ClN2O2/c1-8(2)14(17)13(19)6-10-5-9-3-4-18-15(20)11(9)7-12(10)16/h3-5,7-8,14H,6,17H2,1-2H3,(H,18,20)/t14-/m0/s1. The lowest BCUT2D eigenvalue weighted by atomic mass is 9.95. The summed E-state index contributed by atoms with van der Waals surface area (Å²) >= 11 is 6.16. The van der Waals surface area contributed by atoms with Crippen LogP contribution in [0, 0.1) is 5.92 Å². The molecule has 2 aromatic rings. The van der Waals surface area contributed by atoms with Crippen LogP contribution in [0.15, 0.2) is 29.2 Å². The second-order valence-corrected chi connectivity index (χ2v) is 5.66. The van der Waals surface area contributed by atoms with Gasteiger partial charge in [0.15, 0.2) is 5.78 Å². The lowest BCUT2D eigenvalue weighted by Crippen LogP contribution is -2.36. The van der Waals surface area contributed by atoms with E-state index in [0.717, 1.165) is 5.39 Å². The van der Waals surface area contributed by atoms with Crippen LogP contribution < -0.4 is 11.3 Å². The van der Waals surface area contributed by atoms with Crippen molar-refractivity contribution < 1.29 is 4.79 Å². The van der Waals surface area contributed by atoms with Gasteiger partial charge in [-0.15, -0.1) is 0 Å². The number of hydrogen-bond acceptors (Lipinski definition) is 3. The molecule has 106 valence electrons. The first-order valence-corrected chi connectivity index (χ1v) is 6.86. The molecule has 0 saturated carbocycles. The van der Waals surface area contributed by atoms with Gasteiger partial charge >= 0.3 is 0 Å². The van der Waals surface area contributed by atoms with Crippen molar-refractivity contribution in [3.8, 4) is 0 Å². The summed E-state index contributed by atoms with van der Waals surface area (Å²) in [6.45, 7) is 3.81. The molecule has 0 aliphatic carbocycles.